The zero-order valence-electron chi connectivity index (χ0n) is 11.7. The van der Waals surface area contributed by atoms with Gasteiger partial charge in [0.2, 0.25) is 0 Å². The van der Waals surface area contributed by atoms with Crippen LogP contribution in [0.15, 0.2) is 0 Å². The summed E-state index contributed by atoms with van der Waals surface area (Å²) < 4.78 is 5.05. The quantitative estimate of drug-likeness (QED) is 0.693. The number of ether oxygens (including phenoxy) is 1. The lowest BCUT2D eigenvalue weighted by Gasteiger charge is -2.30. The van der Waals surface area contributed by atoms with Gasteiger partial charge >= 0.3 is 0 Å². The minimum absolute atomic E-state index is 0.208. The molecule has 0 amide bonds. The van der Waals surface area contributed by atoms with Crippen molar-refractivity contribution in [3.05, 3.63) is 0 Å². The van der Waals surface area contributed by atoms with E-state index in [-0.39, 0.29) is 6.10 Å². The predicted octanol–water partition coefficient (Wildman–Crippen LogP) is 2.00. The van der Waals surface area contributed by atoms with Crippen molar-refractivity contribution in [1.82, 2.24) is 4.90 Å². The van der Waals surface area contributed by atoms with E-state index < -0.39 is 0 Å². The number of methoxy groups -OCH3 is 1. The van der Waals surface area contributed by atoms with E-state index in [0.717, 1.165) is 19.6 Å². The van der Waals surface area contributed by atoms with Gasteiger partial charge in [-0.05, 0) is 32.2 Å². The third-order valence-electron chi connectivity index (χ3n) is 3.64. The van der Waals surface area contributed by atoms with E-state index in [4.69, 9.17) is 4.74 Å². The summed E-state index contributed by atoms with van der Waals surface area (Å²) in [5, 5.41) is 10.1. The Kier molecular flexibility index (Phi) is 7.98. The van der Waals surface area contributed by atoms with Gasteiger partial charge < -0.3 is 14.7 Å². The first-order valence-corrected chi connectivity index (χ1v) is 6.27. The molecular formula is C13H29NO2. The van der Waals surface area contributed by atoms with E-state index in [1.807, 2.05) is 0 Å². The molecule has 0 spiro atoms. The van der Waals surface area contributed by atoms with Gasteiger partial charge in [-0.3, -0.25) is 0 Å². The molecule has 0 radical (unpaired) electrons. The van der Waals surface area contributed by atoms with Gasteiger partial charge in [0.25, 0.3) is 0 Å². The Labute approximate surface area is 101 Å². The molecule has 1 N–H and O–H groups in total. The summed E-state index contributed by atoms with van der Waals surface area (Å²) >= 11 is 0. The van der Waals surface area contributed by atoms with Crippen molar-refractivity contribution in [1.29, 1.82) is 0 Å². The summed E-state index contributed by atoms with van der Waals surface area (Å²) in [7, 11) is 3.80. The highest BCUT2D eigenvalue weighted by Gasteiger charge is 2.21. The number of likely N-dealkylation sites (N-methyl/N-ethyl adjacent to an activating group) is 1. The third-order valence-corrected chi connectivity index (χ3v) is 3.64. The van der Waals surface area contributed by atoms with Crippen LogP contribution in [0.25, 0.3) is 0 Å². The number of nitrogens with zero attached hydrogens (tertiary/aromatic N) is 1. The Morgan fingerprint density at radius 3 is 2.19 bits per heavy atom. The standard InChI is InChI=1S/C13H29NO2/c1-10(2)12(4)13(15)9-11(3)14(5)7-8-16-6/h10-13,15H,7-9H2,1-6H3. The van der Waals surface area contributed by atoms with Crippen LogP contribution in [-0.4, -0.2) is 49.5 Å². The molecule has 0 rings (SSSR count). The van der Waals surface area contributed by atoms with Crippen LogP contribution < -0.4 is 0 Å². The molecule has 0 fully saturated rings. The predicted molar refractivity (Wildman–Crippen MR) is 68.6 cm³/mol. The van der Waals surface area contributed by atoms with Gasteiger partial charge in [-0.15, -0.1) is 0 Å². The molecule has 3 nitrogen and oxygen atoms in total. The minimum Gasteiger partial charge on any atom is -0.393 e. The summed E-state index contributed by atoms with van der Waals surface area (Å²) in [5.74, 6) is 0.893. The fraction of sp³-hybridized carbons (Fsp3) is 1.00. The van der Waals surface area contributed by atoms with E-state index in [1.165, 1.54) is 0 Å². The molecule has 3 atom stereocenters. The third kappa shape index (κ3) is 5.83. The smallest absolute Gasteiger partial charge is 0.0589 e. The zero-order valence-corrected chi connectivity index (χ0v) is 11.7. The summed E-state index contributed by atoms with van der Waals surface area (Å²) in [6, 6.07) is 0.395. The average Bonchev–Trinajstić information content (AvgIpc) is 2.24. The molecule has 0 aromatic heterocycles. The van der Waals surface area contributed by atoms with E-state index in [1.54, 1.807) is 7.11 Å². The van der Waals surface area contributed by atoms with Gasteiger partial charge in [-0.1, -0.05) is 20.8 Å². The second kappa shape index (κ2) is 8.04. The van der Waals surface area contributed by atoms with Gasteiger partial charge in [0.1, 0.15) is 0 Å². The molecule has 0 saturated carbocycles. The van der Waals surface area contributed by atoms with Crippen LogP contribution in [0.5, 0.6) is 0 Å². The van der Waals surface area contributed by atoms with Gasteiger partial charge in [-0.25, -0.2) is 0 Å². The van der Waals surface area contributed by atoms with Crippen molar-refractivity contribution < 1.29 is 9.84 Å². The Balaban J connectivity index is 3.97. The molecule has 3 unspecified atom stereocenters. The summed E-state index contributed by atoms with van der Waals surface area (Å²) in [6.45, 7) is 10.3. The summed E-state index contributed by atoms with van der Waals surface area (Å²) in [6.07, 6.45) is 0.625. The van der Waals surface area contributed by atoms with E-state index in [2.05, 4.69) is 39.6 Å². The van der Waals surface area contributed by atoms with Crippen LogP contribution in [0.4, 0.5) is 0 Å². The molecule has 0 aliphatic heterocycles. The number of rotatable bonds is 8. The molecule has 0 aromatic rings. The van der Waals surface area contributed by atoms with Crippen LogP contribution in [0.2, 0.25) is 0 Å². The monoisotopic (exact) mass is 231 g/mol. The normalized spacial score (nSPS) is 17.8. The van der Waals surface area contributed by atoms with Gasteiger partial charge in [-0.2, -0.15) is 0 Å². The Morgan fingerprint density at radius 2 is 1.75 bits per heavy atom. The van der Waals surface area contributed by atoms with Gasteiger partial charge in [0.15, 0.2) is 0 Å². The second-order valence-corrected chi connectivity index (χ2v) is 5.23. The molecule has 98 valence electrons. The fourth-order valence-electron chi connectivity index (χ4n) is 1.64. The van der Waals surface area contributed by atoms with Crippen LogP contribution in [0.3, 0.4) is 0 Å². The van der Waals surface area contributed by atoms with E-state index in [0.29, 0.717) is 17.9 Å². The number of aliphatic hydroxyl groups is 1. The van der Waals surface area contributed by atoms with Crippen molar-refractivity contribution >= 4 is 0 Å². The molecule has 3 heteroatoms. The first-order valence-electron chi connectivity index (χ1n) is 6.27. The van der Waals surface area contributed by atoms with Crippen LogP contribution in [0.1, 0.15) is 34.1 Å². The molecule has 0 aliphatic rings. The molecule has 0 aliphatic carbocycles. The Morgan fingerprint density at radius 1 is 1.19 bits per heavy atom. The zero-order chi connectivity index (χ0) is 12.7. The second-order valence-electron chi connectivity index (χ2n) is 5.23. The number of hydrogen-bond acceptors (Lipinski definition) is 3. The summed E-state index contributed by atoms with van der Waals surface area (Å²) in [5.41, 5.74) is 0. The topological polar surface area (TPSA) is 32.7 Å². The fourth-order valence-corrected chi connectivity index (χ4v) is 1.64. The van der Waals surface area contributed by atoms with Crippen molar-refractivity contribution in [2.24, 2.45) is 11.8 Å². The van der Waals surface area contributed by atoms with Crippen LogP contribution in [0, 0.1) is 11.8 Å². The average molecular weight is 231 g/mol. The highest BCUT2D eigenvalue weighted by Crippen LogP contribution is 2.19. The maximum Gasteiger partial charge on any atom is 0.0589 e. The largest absolute Gasteiger partial charge is 0.393 e. The first-order chi connectivity index (χ1) is 7.40. The van der Waals surface area contributed by atoms with Gasteiger partial charge in [0, 0.05) is 19.7 Å². The highest BCUT2D eigenvalue weighted by atomic mass is 16.5. The Bertz CT molecular complexity index is 173. The van der Waals surface area contributed by atoms with Crippen molar-refractivity contribution in [3.8, 4) is 0 Å². The van der Waals surface area contributed by atoms with Crippen molar-refractivity contribution in [3.63, 3.8) is 0 Å². The molecule has 0 bridgehead atoms. The Hall–Kier alpha value is -0.120. The maximum absolute atomic E-state index is 10.1. The van der Waals surface area contributed by atoms with E-state index >= 15 is 0 Å². The first kappa shape index (κ1) is 15.9. The highest BCUT2D eigenvalue weighted by molar-refractivity contribution is 4.74. The summed E-state index contributed by atoms with van der Waals surface area (Å²) in [4.78, 5) is 2.24. The lowest BCUT2D eigenvalue weighted by molar-refractivity contribution is 0.0524. The lowest BCUT2D eigenvalue weighted by atomic mass is 9.89. The van der Waals surface area contributed by atoms with Crippen LogP contribution in [-0.2, 0) is 4.74 Å². The van der Waals surface area contributed by atoms with Crippen molar-refractivity contribution in [2.45, 2.75) is 46.3 Å². The lowest BCUT2D eigenvalue weighted by Crippen LogP contribution is -2.37. The minimum atomic E-state index is -0.208. The molecule has 0 aromatic carbocycles. The SMILES string of the molecule is COCCN(C)C(C)CC(O)C(C)C(C)C. The number of hydrogen-bond donors (Lipinski definition) is 1. The molecule has 16 heavy (non-hydrogen) atoms. The maximum atomic E-state index is 10.1. The van der Waals surface area contributed by atoms with E-state index in [9.17, 15) is 5.11 Å². The number of aliphatic hydroxyl groups excluding tert-OH is 1. The molecule has 0 heterocycles. The van der Waals surface area contributed by atoms with Crippen molar-refractivity contribution in [2.75, 3.05) is 27.3 Å². The molecule has 0 saturated heterocycles. The van der Waals surface area contributed by atoms with Gasteiger partial charge in [0.05, 0.1) is 12.7 Å². The molecular weight excluding hydrogens is 202 g/mol. The van der Waals surface area contributed by atoms with Crippen LogP contribution >= 0.6 is 0 Å².